The van der Waals surface area contributed by atoms with E-state index in [0.717, 1.165) is 6.26 Å². The predicted octanol–water partition coefficient (Wildman–Crippen LogP) is 2.10. The van der Waals surface area contributed by atoms with Crippen LogP contribution in [0.5, 0.6) is 0 Å². The van der Waals surface area contributed by atoms with Crippen molar-refractivity contribution in [1.29, 1.82) is 0 Å². The maximum absolute atomic E-state index is 12.1. The van der Waals surface area contributed by atoms with E-state index in [1.807, 2.05) is 0 Å². The van der Waals surface area contributed by atoms with Gasteiger partial charge in [-0.3, -0.25) is 0 Å². The van der Waals surface area contributed by atoms with Crippen molar-refractivity contribution >= 4 is 44.9 Å². The fourth-order valence-electron chi connectivity index (χ4n) is 2.01. The maximum atomic E-state index is 12.1. The summed E-state index contributed by atoms with van der Waals surface area (Å²) in [5, 5.41) is 3.54. The molecule has 2 rings (SSSR count). The molecule has 0 unspecified atom stereocenters. The van der Waals surface area contributed by atoms with Crippen molar-refractivity contribution in [3.8, 4) is 0 Å². The van der Waals surface area contributed by atoms with Crippen LogP contribution in [0.3, 0.4) is 0 Å². The van der Waals surface area contributed by atoms with Gasteiger partial charge in [0.1, 0.15) is 0 Å². The van der Waals surface area contributed by atoms with Gasteiger partial charge in [0.15, 0.2) is 0 Å². The molecule has 0 radical (unpaired) electrons. The number of benzene rings is 1. The summed E-state index contributed by atoms with van der Waals surface area (Å²) in [6, 6.07) is 4.47. The zero-order chi connectivity index (χ0) is 15.6. The van der Waals surface area contributed by atoms with Crippen molar-refractivity contribution in [2.75, 3.05) is 37.8 Å². The minimum atomic E-state index is -3.21. The first kappa shape index (κ1) is 16.4. The number of nitrogens with one attached hydrogen (secondary N) is 1. The number of urea groups is 1. The molecule has 1 heterocycles. The molecule has 1 fully saturated rings. The molecular formula is C12H15Cl2N3O3S. The van der Waals surface area contributed by atoms with Gasteiger partial charge < -0.3 is 10.2 Å². The van der Waals surface area contributed by atoms with E-state index in [1.165, 1.54) is 4.31 Å². The van der Waals surface area contributed by atoms with E-state index < -0.39 is 10.0 Å². The number of amides is 2. The molecule has 116 valence electrons. The summed E-state index contributed by atoms with van der Waals surface area (Å²) < 4.78 is 24.2. The van der Waals surface area contributed by atoms with Crippen LogP contribution >= 0.6 is 23.2 Å². The Balaban J connectivity index is 1.98. The van der Waals surface area contributed by atoms with Crippen LogP contribution in [0.2, 0.25) is 10.0 Å². The van der Waals surface area contributed by atoms with Crippen molar-refractivity contribution in [2.45, 2.75) is 0 Å². The van der Waals surface area contributed by atoms with Gasteiger partial charge >= 0.3 is 6.03 Å². The molecular weight excluding hydrogens is 337 g/mol. The molecule has 0 aromatic heterocycles. The van der Waals surface area contributed by atoms with Gasteiger partial charge in [-0.05, 0) is 18.2 Å². The third-order valence-electron chi connectivity index (χ3n) is 3.16. The lowest BCUT2D eigenvalue weighted by atomic mass is 10.3. The van der Waals surface area contributed by atoms with Crippen molar-refractivity contribution < 1.29 is 13.2 Å². The summed E-state index contributed by atoms with van der Waals surface area (Å²) in [7, 11) is -3.21. The fourth-order valence-corrected chi connectivity index (χ4v) is 3.17. The number of carbonyl (C=O) groups excluding carboxylic acids is 1. The second-order valence-electron chi connectivity index (χ2n) is 4.70. The van der Waals surface area contributed by atoms with Crippen molar-refractivity contribution in [3.63, 3.8) is 0 Å². The average molecular weight is 352 g/mol. The second-order valence-corrected chi connectivity index (χ2v) is 7.53. The van der Waals surface area contributed by atoms with E-state index in [1.54, 1.807) is 23.1 Å². The summed E-state index contributed by atoms with van der Waals surface area (Å²) in [4.78, 5) is 13.7. The molecule has 1 N–H and O–H groups in total. The van der Waals surface area contributed by atoms with Gasteiger partial charge in [-0.1, -0.05) is 23.2 Å². The molecule has 0 bridgehead atoms. The Kier molecular flexibility index (Phi) is 4.98. The first-order valence-electron chi connectivity index (χ1n) is 6.23. The lowest BCUT2D eigenvalue weighted by molar-refractivity contribution is 0.184. The Hall–Kier alpha value is -1.02. The number of nitrogens with zero attached hydrogens (tertiary/aromatic N) is 2. The predicted molar refractivity (Wildman–Crippen MR) is 83.5 cm³/mol. The van der Waals surface area contributed by atoms with E-state index in [4.69, 9.17) is 23.2 Å². The zero-order valence-corrected chi connectivity index (χ0v) is 13.7. The topological polar surface area (TPSA) is 69.7 Å². The monoisotopic (exact) mass is 351 g/mol. The Bertz CT molecular complexity index is 643. The lowest BCUT2D eigenvalue weighted by Crippen LogP contribution is -2.51. The first-order valence-corrected chi connectivity index (χ1v) is 8.84. The van der Waals surface area contributed by atoms with E-state index >= 15 is 0 Å². The quantitative estimate of drug-likeness (QED) is 0.886. The van der Waals surface area contributed by atoms with Gasteiger partial charge in [-0.25, -0.2) is 13.2 Å². The van der Waals surface area contributed by atoms with Crippen LogP contribution in [0.15, 0.2) is 18.2 Å². The minimum absolute atomic E-state index is 0.287. The smallest absolute Gasteiger partial charge is 0.321 e. The van der Waals surface area contributed by atoms with E-state index in [-0.39, 0.29) is 19.1 Å². The van der Waals surface area contributed by atoms with Gasteiger partial charge in [0.25, 0.3) is 0 Å². The average Bonchev–Trinajstić information content (AvgIpc) is 2.42. The lowest BCUT2D eigenvalue weighted by Gasteiger charge is -2.33. The normalized spacial score (nSPS) is 16.8. The molecule has 1 saturated heterocycles. The molecule has 1 aliphatic rings. The second kappa shape index (κ2) is 6.39. The highest BCUT2D eigenvalue weighted by molar-refractivity contribution is 7.88. The van der Waals surface area contributed by atoms with Gasteiger partial charge in [-0.2, -0.15) is 4.31 Å². The largest absolute Gasteiger partial charge is 0.322 e. The molecule has 1 aliphatic heterocycles. The summed E-state index contributed by atoms with van der Waals surface area (Å²) in [6.07, 6.45) is 1.16. The van der Waals surface area contributed by atoms with E-state index in [2.05, 4.69) is 5.32 Å². The number of hydrogen-bond acceptors (Lipinski definition) is 3. The highest BCUT2D eigenvalue weighted by Gasteiger charge is 2.26. The molecule has 1 aromatic carbocycles. The molecule has 6 nitrogen and oxygen atoms in total. The van der Waals surface area contributed by atoms with Crippen molar-refractivity contribution in [3.05, 3.63) is 28.2 Å². The molecule has 0 aliphatic carbocycles. The fraction of sp³-hybridized carbons (Fsp3) is 0.417. The molecule has 2 amide bonds. The Morgan fingerprint density at radius 1 is 1.19 bits per heavy atom. The Labute approximate surface area is 133 Å². The maximum Gasteiger partial charge on any atom is 0.321 e. The SMILES string of the molecule is CS(=O)(=O)N1CCN(C(=O)Nc2cc(Cl)ccc2Cl)CC1. The number of carbonyl (C=O) groups is 1. The molecule has 0 spiro atoms. The molecule has 1 aromatic rings. The van der Waals surface area contributed by atoms with E-state index in [9.17, 15) is 13.2 Å². The highest BCUT2D eigenvalue weighted by Crippen LogP contribution is 2.25. The van der Waals surface area contributed by atoms with Crippen LogP contribution in [0, 0.1) is 0 Å². The number of halogens is 2. The third kappa shape index (κ3) is 4.23. The molecule has 9 heteroatoms. The number of rotatable bonds is 2. The van der Waals surface area contributed by atoms with Gasteiger partial charge in [0.05, 0.1) is 17.0 Å². The van der Waals surface area contributed by atoms with Gasteiger partial charge in [-0.15, -0.1) is 0 Å². The van der Waals surface area contributed by atoms with Crippen molar-refractivity contribution in [2.24, 2.45) is 0 Å². The van der Waals surface area contributed by atoms with Crippen LogP contribution in [0.25, 0.3) is 0 Å². The molecule has 21 heavy (non-hydrogen) atoms. The Morgan fingerprint density at radius 3 is 2.38 bits per heavy atom. The summed E-state index contributed by atoms with van der Waals surface area (Å²) in [5.41, 5.74) is 0.430. The third-order valence-corrected chi connectivity index (χ3v) is 5.03. The van der Waals surface area contributed by atoms with Crippen LogP contribution in [-0.4, -0.2) is 56.1 Å². The number of anilines is 1. The summed E-state index contributed by atoms with van der Waals surface area (Å²) in [6.45, 7) is 1.24. The van der Waals surface area contributed by atoms with Gasteiger partial charge in [0.2, 0.25) is 10.0 Å². The van der Waals surface area contributed by atoms with Crippen LogP contribution in [-0.2, 0) is 10.0 Å². The zero-order valence-electron chi connectivity index (χ0n) is 11.3. The highest BCUT2D eigenvalue weighted by atomic mass is 35.5. The summed E-state index contributed by atoms with van der Waals surface area (Å²) in [5.74, 6) is 0. The number of sulfonamides is 1. The first-order chi connectivity index (χ1) is 9.77. The summed E-state index contributed by atoms with van der Waals surface area (Å²) >= 11 is 11.8. The minimum Gasteiger partial charge on any atom is -0.322 e. The van der Waals surface area contributed by atoms with Crippen LogP contribution in [0.4, 0.5) is 10.5 Å². The Morgan fingerprint density at radius 2 is 1.81 bits per heavy atom. The number of piperazine rings is 1. The van der Waals surface area contributed by atoms with E-state index in [0.29, 0.717) is 28.8 Å². The molecule has 0 atom stereocenters. The van der Waals surface area contributed by atoms with Crippen LogP contribution in [0.1, 0.15) is 0 Å². The molecule has 0 saturated carbocycles. The van der Waals surface area contributed by atoms with Crippen molar-refractivity contribution in [1.82, 2.24) is 9.21 Å². The number of hydrogen-bond donors (Lipinski definition) is 1. The standard InChI is InChI=1S/C12H15Cl2N3O3S/c1-21(19,20)17-6-4-16(5-7-17)12(18)15-11-8-9(13)2-3-10(11)14/h2-3,8H,4-7H2,1H3,(H,15,18). The van der Waals surface area contributed by atoms with Gasteiger partial charge in [0, 0.05) is 31.2 Å². The van der Waals surface area contributed by atoms with Crippen LogP contribution < -0.4 is 5.32 Å².